The van der Waals surface area contributed by atoms with E-state index in [-0.39, 0.29) is 12.8 Å². The number of carbonyl (C=O) groups excluding carboxylic acids is 2. The first-order chi connectivity index (χ1) is 29.3. The van der Waals surface area contributed by atoms with E-state index in [9.17, 15) is 19.8 Å². The van der Waals surface area contributed by atoms with E-state index in [0.29, 0.717) is 12.8 Å². The van der Waals surface area contributed by atoms with Crippen LogP contribution in [0.2, 0.25) is 26.6 Å². The fourth-order valence-electron chi connectivity index (χ4n) is 8.22. The molecule has 0 fully saturated rings. The average Bonchev–Trinajstić information content (AvgIpc) is 3.23. The summed E-state index contributed by atoms with van der Waals surface area (Å²) >= 11 is -2.03. The van der Waals surface area contributed by atoms with Gasteiger partial charge in [0, 0.05) is 11.9 Å². The maximum Gasteiger partial charge on any atom is 0.0414 e. The fraction of sp³-hybridized carbons (Fsp3) is 0.963. The van der Waals surface area contributed by atoms with E-state index in [1.165, 1.54) is 193 Å². The van der Waals surface area contributed by atoms with Crippen molar-refractivity contribution in [3.05, 3.63) is 0 Å². The number of carboxylic acids is 2. The Morgan fingerprint density at radius 1 is 0.250 bits per heavy atom. The molecule has 0 atom stereocenters. The van der Waals surface area contributed by atoms with Crippen molar-refractivity contribution in [2.24, 2.45) is 0 Å². The van der Waals surface area contributed by atoms with Gasteiger partial charge in [0.1, 0.15) is 0 Å². The third-order valence-corrected chi connectivity index (χ3v) is 30.5. The van der Waals surface area contributed by atoms with Gasteiger partial charge in [0.25, 0.3) is 0 Å². The zero-order valence-electron chi connectivity index (χ0n) is 42.2. The molecule has 0 N–H and O–H groups in total. The van der Waals surface area contributed by atoms with Crippen molar-refractivity contribution in [1.29, 1.82) is 0 Å². The minimum absolute atomic E-state index is 0.0761. The monoisotopic (exact) mass is 1060 g/mol. The first kappa shape index (κ1) is 64.8. The van der Waals surface area contributed by atoms with E-state index in [4.69, 9.17) is 0 Å². The molecule has 358 valence electrons. The molecular weight excluding hydrogens is 950 g/mol. The molecule has 0 spiro atoms. The normalized spacial score (nSPS) is 10.8. The van der Waals surface area contributed by atoms with Gasteiger partial charge in [0.15, 0.2) is 0 Å². The largest absolute Gasteiger partial charge is 0.550 e. The zero-order valence-corrected chi connectivity index (χ0v) is 47.9. The van der Waals surface area contributed by atoms with Gasteiger partial charge in [0.2, 0.25) is 0 Å². The smallest absolute Gasteiger partial charge is 0.0414 e. The third kappa shape index (κ3) is 62.8. The van der Waals surface area contributed by atoms with Crippen molar-refractivity contribution < 1.29 is 19.8 Å². The van der Waals surface area contributed by atoms with Crippen LogP contribution in [0.5, 0.6) is 0 Å². The van der Waals surface area contributed by atoms with Crippen LogP contribution in [0.25, 0.3) is 0 Å². The molecule has 0 aromatic rings. The molecule has 0 saturated carbocycles. The second kappa shape index (κ2) is 59.5. The second-order valence-electron chi connectivity index (χ2n) is 18.6. The number of hydrogen-bond donors (Lipinski definition) is 0. The maximum absolute atomic E-state index is 9.77. The van der Waals surface area contributed by atoms with Crippen LogP contribution in [0, 0.1) is 0 Å². The SMILES string of the molecule is CCCCCCC[CH2][Sn+]([CH2]CCCCCCC)[CH2]CCCCCCC.CCCCCCC[CH2][Sn+]([CH2]CCCCCCC)[CH2]CCCCCCC.O=C([O-])CCCCC(=O)[O-]. The van der Waals surface area contributed by atoms with Crippen molar-refractivity contribution in [3.8, 4) is 0 Å². The topological polar surface area (TPSA) is 80.3 Å². The van der Waals surface area contributed by atoms with Crippen molar-refractivity contribution in [1.82, 2.24) is 0 Å². The Bertz CT molecular complexity index is 654. The van der Waals surface area contributed by atoms with E-state index in [1.54, 1.807) is 65.1 Å². The van der Waals surface area contributed by atoms with Crippen molar-refractivity contribution in [2.45, 2.75) is 325 Å². The molecular formula is C54H110O4Sn2. The summed E-state index contributed by atoms with van der Waals surface area (Å²) < 4.78 is 10.3. The minimum Gasteiger partial charge on any atom is -0.550 e. The third-order valence-electron chi connectivity index (χ3n) is 12.3. The Morgan fingerprint density at radius 2 is 0.400 bits per heavy atom. The number of carbonyl (C=O) groups is 2. The van der Waals surface area contributed by atoms with Crippen molar-refractivity contribution in [3.63, 3.8) is 0 Å². The van der Waals surface area contributed by atoms with Crippen LogP contribution < -0.4 is 10.2 Å². The van der Waals surface area contributed by atoms with Gasteiger partial charge in [-0.25, -0.2) is 0 Å². The summed E-state index contributed by atoms with van der Waals surface area (Å²) in [5.41, 5.74) is 0. The molecule has 0 saturated heterocycles. The molecule has 0 aromatic carbocycles. The Kier molecular flexibility index (Phi) is 64.3. The van der Waals surface area contributed by atoms with Gasteiger partial charge in [-0.3, -0.25) is 0 Å². The van der Waals surface area contributed by atoms with Gasteiger partial charge >= 0.3 is 339 Å². The average molecular weight is 1060 g/mol. The number of unbranched alkanes of at least 4 members (excludes halogenated alkanes) is 31. The predicted octanol–water partition coefficient (Wildman–Crippen LogP) is 17.2. The molecule has 0 bridgehead atoms. The summed E-state index contributed by atoms with van der Waals surface area (Å²) in [4.78, 5) is 19.5. The predicted molar refractivity (Wildman–Crippen MR) is 269 cm³/mol. The van der Waals surface area contributed by atoms with Crippen LogP contribution in [0.1, 0.15) is 298 Å². The molecule has 4 nitrogen and oxygen atoms in total. The van der Waals surface area contributed by atoms with Crippen LogP contribution >= 0.6 is 0 Å². The summed E-state index contributed by atoms with van der Waals surface area (Å²) in [6.45, 7) is 14.0. The molecule has 0 radical (unpaired) electrons. The van der Waals surface area contributed by atoms with Gasteiger partial charge in [0.05, 0.1) is 0 Å². The summed E-state index contributed by atoms with van der Waals surface area (Å²) in [5.74, 6) is -2.28. The number of aliphatic carboxylic acids is 2. The number of carboxylic acid groups (broad SMARTS) is 2. The molecule has 0 aliphatic heterocycles. The van der Waals surface area contributed by atoms with E-state index in [2.05, 4.69) is 41.5 Å². The Labute approximate surface area is 393 Å². The molecule has 0 amide bonds. The molecule has 0 heterocycles. The van der Waals surface area contributed by atoms with Gasteiger partial charge in [-0.2, -0.15) is 0 Å². The quantitative estimate of drug-likeness (QED) is 0.0449. The van der Waals surface area contributed by atoms with Crippen LogP contribution in [-0.2, 0) is 9.59 Å². The summed E-state index contributed by atoms with van der Waals surface area (Å²) in [6.07, 6.45) is 54.4. The molecule has 0 aromatic heterocycles. The first-order valence-electron chi connectivity index (χ1n) is 27.4. The molecule has 0 aliphatic carbocycles. The van der Waals surface area contributed by atoms with Gasteiger partial charge in [-0.05, 0) is 25.7 Å². The number of rotatable bonds is 47. The number of hydrogen-bond acceptors (Lipinski definition) is 4. The standard InChI is InChI=1S/6C8H17.C6H10O4.2Sn/c6*1-3-5-7-8-6-4-2;7-5(8)3-1-2-4-6(9)10;;/h6*1,3-8H2,2H3;1-4H2,(H,7,8)(H,9,10);;/q;;;;;;;2*+1/p-2. The van der Waals surface area contributed by atoms with Crippen LogP contribution in [0.4, 0.5) is 0 Å². The molecule has 0 unspecified atom stereocenters. The van der Waals surface area contributed by atoms with Crippen molar-refractivity contribution >= 4 is 51.5 Å². The van der Waals surface area contributed by atoms with E-state index < -0.39 is 51.5 Å². The minimum atomic E-state index is -1.14. The van der Waals surface area contributed by atoms with Gasteiger partial charge < -0.3 is 19.8 Å². The summed E-state index contributed by atoms with van der Waals surface area (Å²) in [6, 6.07) is 0. The molecule has 0 aliphatic rings. The second-order valence-corrected chi connectivity index (χ2v) is 35.7. The Hall–Kier alpha value is 0.537. The first-order valence-corrected chi connectivity index (χ1v) is 39.5. The van der Waals surface area contributed by atoms with E-state index >= 15 is 0 Å². The Balaban J connectivity index is -0.000000884. The van der Waals surface area contributed by atoms with Crippen LogP contribution in [-0.4, -0.2) is 51.5 Å². The van der Waals surface area contributed by atoms with E-state index in [0.717, 1.165) is 0 Å². The summed E-state index contributed by atoms with van der Waals surface area (Å²) in [7, 11) is 0. The van der Waals surface area contributed by atoms with Crippen LogP contribution in [0.3, 0.4) is 0 Å². The van der Waals surface area contributed by atoms with Gasteiger partial charge in [-0.1, -0.05) is 0 Å². The zero-order chi connectivity index (χ0) is 44.8. The van der Waals surface area contributed by atoms with E-state index in [1.807, 2.05) is 0 Å². The van der Waals surface area contributed by atoms with Crippen molar-refractivity contribution in [2.75, 3.05) is 0 Å². The fourth-order valence-corrected chi connectivity index (χ4v) is 25.3. The molecule has 6 heteroatoms. The van der Waals surface area contributed by atoms with Gasteiger partial charge in [-0.15, -0.1) is 0 Å². The molecule has 60 heavy (non-hydrogen) atoms. The van der Waals surface area contributed by atoms with Crippen LogP contribution in [0.15, 0.2) is 0 Å². The maximum atomic E-state index is 9.77. The molecule has 0 rings (SSSR count). The Morgan fingerprint density at radius 3 is 0.550 bits per heavy atom. The summed E-state index contributed by atoms with van der Waals surface area (Å²) in [5, 5.41) is 19.5.